The maximum atomic E-state index is 13.1. The molecule has 9 heteroatoms. The van der Waals surface area contributed by atoms with Crippen LogP contribution in [0.25, 0.3) is 11.0 Å². The van der Waals surface area contributed by atoms with E-state index in [2.05, 4.69) is 15.4 Å². The first-order valence-electron chi connectivity index (χ1n) is 9.66. The SMILES string of the molecule is O=C(Cc1ccc(F)cc1)NCCn1ncc2c(=O)n(Cc3ccc(F)cc3)cnc21. The summed E-state index contributed by atoms with van der Waals surface area (Å²) >= 11 is 0. The normalized spacial score (nSPS) is 11.0. The Morgan fingerprint density at radius 1 is 0.968 bits per heavy atom. The van der Waals surface area contributed by atoms with Crippen molar-refractivity contribution in [3.05, 3.63) is 94.2 Å². The molecule has 0 saturated heterocycles. The van der Waals surface area contributed by atoms with Crippen LogP contribution in [0.3, 0.4) is 0 Å². The molecule has 0 radical (unpaired) electrons. The van der Waals surface area contributed by atoms with E-state index in [1.54, 1.807) is 28.9 Å². The minimum absolute atomic E-state index is 0.145. The molecule has 31 heavy (non-hydrogen) atoms. The van der Waals surface area contributed by atoms with Crippen LogP contribution in [-0.4, -0.2) is 31.8 Å². The van der Waals surface area contributed by atoms with Crippen LogP contribution in [0.2, 0.25) is 0 Å². The van der Waals surface area contributed by atoms with Crippen molar-refractivity contribution < 1.29 is 13.6 Å². The Hall–Kier alpha value is -3.88. The largest absolute Gasteiger partial charge is 0.354 e. The van der Waals surface area contributed by atoms with Gasteiger partial charge in [0.1, 0.15) is 23.3 Å². The van der Waals surface area contributed by atoms with Gasteiger partial charge in [-0.15, -0.1) is 0 Å². The van der Waals surface area contributed by atoms with Crippen molar-refractivity contribution in [1.82, 2.24) is 24.6 Å². The van der Waals surface area contributed by atoms with Gasteiger partial charge < -0.3 is 5.32 Å². The van der Waals surface area contributed by atoms with Gasteiger partial charge in [0.25, 0.3) is 5.56 Å². The minimum atomic E-state index is -0.348. The molecule has 158 valence electrons. The number of hydrogen-bond acceptors (Lipinski definition) is 4. The molecule has 2 heterocycles. The number of halogens is 2. The molecular weight excluding hydrogens is 404 g/mol. The lowest BCUT2D eigenvalue weighted by Crippen LogP contribution is -2.29. The summed E-state index contributed by atoms with van der Waals surface area (Å²) in [5, 5.41) is 7.34. The van der Waals surface area contributed by atoms with E-state index in [1.165, 1.54) is 41.4 Å². The number of amides is 1. The highest BCUT2D eigenvalue weighted by Crippen LogP contribution is 2.08. The van der Waals surface area contributed by atoms with Gasteiger partial charge in [-0.25, -0.2) is 18.4 Å². The second-order valence-corrected chi connectivity index (χ2v) is 7.06. The lowest BCUT2D eigenvalue weighted by atomic mass is 10.1. The van der Waals surface area contributed by atoms with Gasteiger partial charge in [0.2, 0.25) is 5.91 Å². The van der Waals surface area contributed by atoms with E-state index in [0.717, 1.165) is 5.56 Å². The molecule has 0 bridgehead atoms. The summed E-state index contributed by atoms with van der Waals surface area (Å²) in [5.41, 5.74) is 1.67. The zero-order valence-electron chi connectivity index (χ0n) is 16.5. The van der Waals surface area contributed by atoms with E-state index >= 15 is 0 Å². The Morgan fingerprint density at radius 3 is 2.29 bits per heavy atom. The predicted octanol–water partition coefficient (Wildman–Crippen LogP) is 2.28. The molecule has 2 aromatic heterocycles. The summed E-state index contributed by atoms with van der Waals surface area (Å²) in [7, 11) is 0. The third kappa shape index (κ3) is 4.82. The number of nitrogens with one attached hydrogen (secondary N) is 1. The van der Waals surface area contributed by atoms with Crippen LogP contribution in [0.5, 0.6) is 0 Å². The Labute approximate surface area is 176 Å². The van der Waals surface area contributed by atoms with Crippen LogP contribution in [0, 0.1) is 11.6 Å². The van der Waals surface area contributed by atoms with Gasteiger partial charge in [-0.2, -0.15) is 5.10 Å². The first-order valence-corrected chi connectivity index (χ1v) is 9.66. The Balaban J connectivity index is 1.39. The summed E-state index contributed by atoms with van der Waals surface area (Å²) in [5.74, 6) is -0.882. The molecule has 0 saturated carbocycles. The molecule has 0 aliphatic carbocycles. The average molecular weight is 423 g/mol. The second-order valence-electron chi connectivity index (χ2n) is 7.06. The summed E-state index contributed by atoms with van der Waals surface area (Å²) < 4.78 is 29.0. The van der Waals surface area contributed by atoms with E-state index in [-0.39, 0.29) is 36.1 Å². The quantitative estimate of drug-likeness (QED) is 0.495. The molecular formula is C22H19F2N5O2. The number of fused-ring (bicyclic) bond motifs is 1. The topological polar surface area (TPSA) is 81.8 Å². The van der Waals surface area contributed by atoms with Crippen LogP contribution >= 0.6 is 0 Å². The molecule has 2 aromatic carbocycles. The number of aromatic nitrogens is 4. The van der Waals surface area contributed by atoms with Crippen LogP contribution in [0.15, 0.2) is 65.8 Å². The van der Waals surface area contributed by atoms with E-state index < -0.39 is 0 Å². The third-order valence-electron chi connectivity index (χ3n) is 4.81. The lowest BCUT2D eigenvalue weighted by Gasteiger charge is -2.08. The van der Waals surface area contributed by atoms with Gasteiger partial charge in [0, 0.05) is 6.54 Å². The van der Waals surface area contributed by atoms with Gasteiger partial charge in [-0.3, -0.25) is 14.2 Å². The summed E-state index contributed by atoms with van der Waals surface area (Å²) in [6.45, 7) is 0.914. The lowest BCUT2D eigenvalue weighted by molar-refractivity contribution is -0.120. The fourth-order valence-electron chi connectivity index (χ4n) is 3.21. The minimum Gasteiger partial charge on any atom is -0.354 e. The van der Waals surface area contributed by atoms with E-state index in [0.29, 0.717) is 29.7 Å². The highest BCUT2D eigenvalue weighted by molar-refractivity contribution is 5.78. The molecule has 4 aromatic rings. The first-order chi connectivity index (χ1) is 15.0. The molecule has 0 aliphatic rings. The predicted molar refractivity (Wildman–Crippen MR) is 110 cm³/mol. The van der Waals surface area contributed by atoms with E-state index in [1.807, 2.05) is 0 Å². The standard InChI is InChI=1S/C22H19F2N5O2/c23-17-5-1-15(2-6-17)11-20(30)25-9-10-29-21-19(12-27-29)22(31)28(14-26-21)13-16-3-7-18(24)8-4-16/h1-8,12,14H,9-11,13H2,(H,25,30). The second kappa shape index (κ2) is 8.86. The Kier molecular flexibility index (Phi) is 5.83. The fourth-order valence-corrected chi connectivity index (χ4v) is 3.21. The third-order valence-corrected chi connectivity index (χ3v) is 4.81. The molecule has 0 unspecified atom stereocenters. The smallest absolute Gasteiger partial charge is 0.264 e. The molecule has 1 N–H and O–H groups in total. The molecule has 0 atom stereocenters. The van der Waals surface area contributed by atoms with Crippen LogP contribution < -0.4 is 10.9 Å². The van der Waals surface area contributed by atoms with Gasteiger partial charge in [0.15, 0.2) is 5.65 Å². The molecule has 0 spiro atoms. The van der Waals surface area contributed by atoms with Gasteiger partial charge in [-0.05, 0) is 35.4 Å². The highest BCUT2D eigenvalue weighted by Gasteiger charge is 2.11. The zero-order chi connectivity index (χ0) is 21.8. The number of carbonyl (C=O) groups is 1. The summed E-state index contributed by atoms with van der Waals surface area (Å²) in [6, 6.07) is 11.7. The van der Waals surface area contributed by atoms with Crippen molar-refractivity contribution >= 4 is 16.9 Å². The zero-order valence-corrected chi connectivity index (χ0v) is 16.5. The number of hydrogen-bond donors (Lipinski definition) is 1. The number of rotatable bonds is 7. The van der Waals surface area contributed by atoms with Gasteiger partial charge in [-0.1, -0.05) is 24.3 Å². The van der Waals surface area contributed by atoms with Crippen molar-refractivity contribution in [2.75, 3.05) is 6.54 Å². The molecule has 7 nitrogen and oxygen atoms in total. The number of nitrogens with zero attached hydrogens (tertiary/aromatic N) is 4. The molecule has 4 rings (SSSR count). The maximum absolute atomic E-state index is 13.1. The number of benzene rings is 2. The summed E-state index contributed by atoms with van der Waals surface area (Å²) in [4.78, 5) is 29.1. The average Bonchev–Trinajstić information content (AvgIpc) is 3.17. The molecule has 0 fully saturated rings. The Bertz CT molecular complexity index is 1260. The van der Waals surface area contributed by atoms with E-state index in [9.17, 15) is 18.4 Å². The van der Waals surface area contributed by atoms with Crippen molar-refractivity contribution in [2.24, 2.45) is 0 Å². The monoisotopic (exact) mass is 423 g/mol. The van der Waals surface area contributed by atoms with Crippen molar-refractivity contribution in [1.29, 1.82) is 0 Å². The van der Waals surface area contributed by atoms with Crippen molar-refractivity contribution in [3.63, 3.8) is 0 Å². The highest BCUT2D eigenvalue weighted by atomic mass is 19.1. The summed E-state index contributed by atoms with van der Waals surface area (Å²) in [6.07, 6.45) is 3.03. The fraction of sp³-hybridized carbons (Fsp3) is 0.182. The van der Waals surface area contributed by atoms with Gasteiger partial charge in [0.05, 0.1) is 25.7 Å². The van der Waals surface area contributed by atoms with E-state index in [4.69, 9.17) is 0 Å². The van der Waals surface area contributed by atoms with Gasteiger partial charge >= 0.3 is 0 Å². The van der Waals surface area contributed by atoms with Crippen LogP contribution in [0.4, 0.5) is 8.78 Å². The Morgan fingerprint density at radius 2 is 1.61 bits per heavy atom. The van der Waals surface area contributed by atoms with Crippen LogP contribution in [-0.2, 0) is 24.3 Å². The number of carbonyl (C=O) groups excluding carboxylic acids is 1. The molecule has 1 amide bonds. The van der Waals surface area contributed by atoms with Crippen LogP contribution in [0.1, 0.15) is 11.1 Å². The molecule has 0 aliphatic heterocycles. The maximum Gasteiger partial charge on any atom is 0.264 e. The van der Waals surface area contributed by atoms with Crippen molar-refractivity contribution in [3.8, 4) is 0 Å². The van der Waals surface area contributed by atoms with Crippen molar-refractivity contribution in [2.45, 2.75) is 19.5 Å². The first kappa shape index (κ1) is 20.4.